The molecule has 0 unspecified atom stereocenters. The van der Waals surface area contributed by atoms with E-state index in [2.05, 4.69) is 17.4 Å². The van der Waals surface area contributed by atoms with E-state index < -0.39 is 0 Å². The highest BCUT2D eigenvalue weighted by molar-refractivity contribution is 7.99. The fourth-order valence-electron chi connectivity index (χ4n) is 3.58. The molecule has 0 spiro atoms. The van der Waals surface area contributed by atoms with Crippen LogP contribution in [0.2, 0.25) is 0 Å². The van der Waals surface area contributed by atoms with Crippen LogP contribution >= 0.6 is 11.8 Å². The Labute approximate surface area is 141 Å². The summed E-state index contributed by atoms with van der Waals surface area (Å²) in [4.78, 5) is 27.2. The van der Waals surface area contributed by atoms with Crippen molar-refractivity contribution in [2.75, 3.05) is 18.2 Å². The van der Waals surface area contributed by atoms with E-state index in [4.69, 9.17) is 0 Å². The van der Waals surface area contributed by atoms with Gasteiger partial charge in [0.25, 0.3) is 0 Å². The van der Waals surface area contributed by atoms with Crippen molar-refractivity contribution < 1.29 is 9.59 Å². The molecule has 122 valence electrons. The van der Waals surface area contributed by atoms with Crippen LogP contribution in [0.5, 0.6) is 0 Å². The van der Waals surface area contributed by atoms with Gasteiger partial charge in [-0.3, -0.25) is 9.59 Å². The standard InChI is InChI=1S/C18H22N2O2S/c21-17(19-9-12-5-6-12)16-10-23-11-20(16)18(22)15-8-7-13-3-1-2-4-14(13)15/h1-4,12,15-16H,5-11H2,(H,19,21)/t15-,16+/m1/s1. The highest BCUT2D eigenvalue weighted by Crippen LogP contribution is 2.36. The van der Waals surface area contributed by atoms with Gasteiger partial charge in [-0.1, -0.05) is 24.3 Å². The highest BCUT2D eigenvalue weighted by Gasteiger charge is 2.40. The molecule has 4 rings (SSSR count). The van der Waals surface area contributed by atoms with Crippen LogP contribution in [0.4, 0.5) is 0 Å². The van der Waals surface area contributed by atoms with E-state index in [9.17, 15) is 9.59 Å². The number of fused-ring (bicyclic) bond motifs is 1. The van der Waals surface area contributed by atoms with Crippen LogP contribution in [0.3, 0.4) is 0 Å². The maximum atomic E-state index is 13.0. The number of hydrogen-bond donors (Lipinski definition) is 1. The molecule has 4 nitrogen and oxygen atoms in total. The number of carbonyl (C=O) groups excluding carboxylic acids is 2. The average molecular weight is 330 g/mol. The molecule has 1 N–H and O–H groups in total. The van der Waals surface area contributed by atoms with Crippen molar-refractivity contribution in [3.63, 3.8) is 0 Å². The van der Waals surface area contributed by atoms with Crippen molar-refractivity contribution >= 4 is 23.6 Å². The summed E-state index contributed by atoms with van der Waals surface area (Å²) in [5.74, 6) is 2.12. The minimum atomic E-state index is -0.293. The van der Waals surface area contributed by atoms with E-state index >= 15 is 0 Å². The molecule has 2 aliphatic carbocycles. The Bertz CT molecular complexity index is 629. The van der Waals surface area contributed by atoms with Gasteiger partial charge in [0.15, 0.2) is 0 Å². The number of nitrogens with zero attached hydrogens (tertiary/aromatic N) is 1. The second-order valence-corrected chi connectivity index (χ2v) is 7.80. The van der Waals surface area contributed by atoms with Crippen LogP contribution in [0, 0.1) is 5.92 Å². The quantitative estimate of drug-likeness (QED) is 0.920. The molecule has 2 amide bonds. The normalized spacial score (nSPS) is 26.2. The van der Waals surface area contributed by atoms with Crippen LogP contribution in [0.15, 0.2) is 24.3 Å². The lowest BCUT2D eigenvalue weighted by atomic mass is 9.99. The number of rotatable bonds is 4. The number of thioether (sulfide) groups is 1. The number of benzene rings is 1. The first-order chi connectivity index (χ1) is 11.2. The lowest BCUT2D eigenvalue weighted by Gasteiger charge is -2.26. The average Bonchev–Trinajstić information content (AvgIpc) is 3.11. The summed E-state index contributed by atoms with van der Waals surface area (Å²) in [5.41, 5.74) is 2.44. The predicted octanol–water partition coefficient (Wildman–Crippen LogP) is 2.14. The van der Waals surface area contributed by atoms with Gasteiger partial charge in [-0.25, -0.2) is 0 Å². The molecule has 1 aromatic carbocycles. The van der Waals surface area contributed by atoms with Gasteiger partial charge in [0, 0.05) is 12.3 Å². The van der Waals surface area contributed by atoms with E-state index in [0.717, 1.165) is 30.7 Å². The lowest BCUT2D eigenvalue weighted by Crippen LogP contribution is -2.48. The fraction of sp³-hybridized carbons (Fsp3) is 0.556. The van der Waals surface area contributed by atoms with Gasteiger partial charge >= 0.3 is 0 Å². The monoisotopic (exact) mass is 330 g/mol. The van der Waals surface area contributed by atoms with E-state index in [1.54, 1.807) is 16.7 Å². The molecule has 5 heteroatoms. The summed E-state index contributed by atoms with van der Waals surface area (Å²) in [6.45, 7) is 0.772. The summed E-state index contributed by atoms with van der Waals surface area (Å²) in [7, 11) is 0. The smallest absolute Gasteiger partial charge is 0.243 e. The van der Waals surface area contributed by atoms with Gasteiger partial charge < -0.3 is 10.2 Å². The summed E-state index contributed by atoms with van der Waals surface area (Å²) in [6.07, 6.45) is 4.28. The van der Waals surface area contributed by atoms with Crippen LogP contribution in [-0.4, -0.2) is 40.9 Å². The van der Waals surface area contributed by atoms with Crippen molar-refractivity contribution in [2.45, 2.75) is 37.6 Å². The van der Waals surface area contributed by atoms with Crippen LogP contribution in [-0.2, 0) is 16.0 Å². The Kier molecular flexibility index (Phi) is 4.05. The zero-order valence-corrected chi connectivity index (χ0v) is 14.0. The van der Waals surface area contributed by atoms with E-state index in [-0.39, 0.29) is 23.8 Å². The van der Waals surface area contributed by atoms with Crippen molar-refractivity contribution in [3.05, 3.63) is 35.4 Å². The molecule has 1 saturated heterocycles. The minimum absolute atomic E-state index is 0.0292. The fourth-order valence-corrected chi connectivity index (χ4v) is 4.74. The first-order valence-electron chi connectivity index (χ1n) is 8.48. The summed E-state index contributed by atoms with van der Waals surface area (Å²) >= 11 is 1.68. The van der Waals surface area contributed by atoms with Crippen LogP contribution < -0.4 is 5.32 Å². The third-order valence-electron chi connectivity index (χ3n) is 5.16. The van der Waals surface area contributed by atoms with Crippen LogP contribution in [0.1, 0.15) is 36.3 Å². The second-order valence-electron chi connectivity index (χ2n) is 6.80. The molecule has 0 bridgehead atoms. The third-order valence-corrected chi connectivity index (χ3v) is 6.17. The van der Waals surface area contributed by atoms with Crippen molar-refractivity contribution in [3.8, 4) is 0 Å². The molecule has 23 heavy (non-hydrogen) atoms. The molecule has 2 fully saturated rings. The van der Waals surface area contributed by atoms with Gasteiger partial charge in [-0.05, 0) is 42.7 Å². The van der Waals surface area contributed by atoms with Crippen molar-refractivity contribution in [1.82, 2.24) is 10.2 Å². The Hall–Kier alpha value is -1.49. The SMILES string of the molecule is O=C(NCC1CC1)[C@@H]1CSCN1C(=O)[C@@H]1CCc2ccccc21. The van der Waals surface area contributed by atoms with Gasteiger partial charge in [-0.2, -0.15) is 0 Å². The van der Waals surface area contributed by atoms with Gasteiger partial charge in [-0.15, -0.1) is 11.8 Å². The number of aryl methyl sites for hydroxylation is 1. The molecule has 2 atom stereocenters. The molecule has 0 aromatic heterocycles. The molecule has 1 aliphatic heterocycles. The van der Waals surface area contributed by atoms with Crippen molar-refractivity contribution in [2.24, 2.45) is 5.92 Å². The van der Waals surface area contributed by atoms with Gasteiger partial charge in [0.05, 0.1) is 11.8 Å². The predicted molar refractivity (Wildman–Crippen MR) is 91.2 cm³/mol. The zero-order valence-electron chi connectivity index (χ0n) is 13.2. The number of amides is 2. The van der Waals surface area contributed by atoms with E-state index in [1.165, 1.54) is 18.4 Å². The maximum absolute atomic E-state index is 13.0. The molecule has 1 aromatic rings. The largest absolute Gasteiger partial charge is 0.354 e. The van der Waals surface area contributed by atoms with Crippen LogP contribution in [0.25, 0.3) is 0 Å². The highest BCUT2D eigenvalue weighted by atomic mass is 32.2. The lowest BCUT2D eigenvalue weighted by molar-refractivity contribution is -0.139. The Morgan fingerprint density at radius 3 is 2.87 bits per heavy atom. The number of hydrogen-bond acceptors (Lipinski definition) is 3. The number of nitrogens with one attached hydrogen (secondary N) is 1. The molecular weight excluding hydrogens is 308 g/mol. The van der Waals surface area contributed by atoms with E-state index in [1.807, 2.05) is 12.1 Å². The van der Waals surface area contributed by atoms with Gasteiger partial charge in [0.1, 0.15) is 6.04 Å². The molecule has 1 saturated carbocycles. The first kappa shape index (κ1) is 15.1. The van der Waals surface area contributed by atoms with E-state index in [0.29, 0.717) is 11.8 Å². The molecule has 1 heterocycles. The summed E-state index contributed by atoms with van der Waals surface area (Å²) in [6, 6.07) is 7.92. The zero-order chi connectivity index (χ0) is 15.8. The Morgan fingerprint density at radius 2 is 2.04 bits per heavy atom. The minimum Gasteiger partial charge on any atom is -0.354 e. The Balaban J connectivity index is 1.45. The topological polar surface area (TPSA) is 49.4 Å². The summed E-state index contributed by atoms with van der Waals surface area (Å²) in [5, 5.41) is 3.03. The van der Waals surface area contributed by atoms with Gasteiger partial charge in [0.2, 0.25) is 11.8 Å². The van der Waals surface area contributed by atoms with Crippen molar-refractivity contribution in [1.29, 1.82) is 0 Å². The molecular formula is C18H22N2O2S. The second kappa shape index (κ2) is 6.19. The third kappa shape index (κ3) is 2.99. The summed E-state index contributed by atoms with van der Waals surface area (Å²) < 4.78 is 0. The first-order valence-corrected chi connectivity index (χ1v) is 9.63. The Morgan fingerprint density at radius 1 is 1.22 bits per heavy atom. The molecule has 3 aliphatic rings. The maximum Gasteiger partial charge on any atom is 0.243 e. The number of carbonyl (C=O) groups is 2. The molecule has 0 radical (unpaired) electrons.